The van der Waals surface area contributed by atoms with E-state index < -0.39 is 11.9 Å². The molecular weight excluding hydrogens is 340 g/mol. The zero-order chi connectivity index (χ0) is 20.6. The first-order valence-corrected chi connectivity index (χ1v) is 8.58. The van der Waals surface area contributed by atoms with Gasteiger partial charge in [-0.05, 0) is 69.0 Å². The molecule has 4 heteroatoms. The normalized spacial score (nSPS) is 11.4. The Labute approximate surface area is 160 Å². The lowest BCUT2D eigenvalue weighted by molar-refractivity contribution is -0.133. The number of hydrogen-bond acceptors (Lipinski definition) is 2. The van der Waals surface area contributed by atoms with Gasteiger partial charge in [0.25, 0.3) is 0 Å². The Balaban J connectivity index is 0.000000271. The van der Waals surface area contributed by atoms with Crippen LogP contribution < -0.4 is 0 Å². The van der Waals surface area contributed by atoms with Crippen molar-refractivity contribution in [3.8, 4) is 0 Å². The molecule has 2 aromatic rings. The van der Waals surface area contributed by atoms with E-state index in [-0.39, 0.29) is 0 Å². The second kappa shape index (κ2) is 10.1. The molecule has 0 unspecified atom stereocenters. The van der Waals surface area contributed by atoms with E-state index in [1.54, 1.807) is 26.0 Å². The molecular formula is C23H26O4. The number of carboxylic acids is 2. The van der Waals surface area contributed by atoms with E-state index in [9.17, 15) is 9.59 Å². The molecule has 0 radical (unpaired) electrons. The third kappa shape index (κ3) is 7.32. The lowest BCUT2D eigenvalue weighted by Gasteiger charge is -2.02. The van der Waals surface area contributed by atoms with Gasteiger partial charge in [0.05, 0.1) is 0 Å². The minimum Gasteiger partial charge on any atom is -0.478 e. The van der Waals surface area contributed by atoms with E-state index in [4.69, 9.17) is 10.2 Å². The van der Waals surface area contributed by atoms with Gasteiger partial charge in [-0.15, -0.1) is 0 Å². The lowest BCUT2D eigenvalue weighted by atomic mass is 10.0. The number of rotatable bonds is 4. The highest BCUT2D eigenvalue weighted by atomic mass is 16.4. The maximum Gasteiger partial charge on any atom is 0.331 e. The van der Waals surface area contributed by atoms with Crippen LogP contribution in [0.1, 0.15) is 41.7 Å². The molecule has 0 fully saturated rings. The topological polar surface area (TPSA) is 74.6 Å². The molecule has 0 aliphatic rings. The van der Waals surface area contributed by atoms with Gasteiger partial charge in [0.2, 0.25) is 0 Å². The van der Waals surface area contributed by atoms with E-state index in [0.29, 0.717) is 11.1 Å². The number of carbonyl (C=O) groups is 2. The number of hydrogen-bond donors (Lipinski definition) is 2. The van der Waals surface area contributed by atoms with E-state index in [2.05, 4.69) is 0 Å². The van der Waals surface area contributed by atoms with E-state index in [1.807, 2.05) is 63.2 Å². The largest absolute Gasteiger partial charge is 0.478 e. The zero-order valence-electron chi connectivity index (χ0n) is 16.4. The third-order valence-corrected chi connectivity index (χ3v) is 4.04. The van der Waals surface area contributed by atoms with Crippen LogP contribution in [0.15, 0.2) is 53.6 Å². The van der Waals surface area contributed by atoms with Gasteiger partial charge < -0.3 is 10.2 Å². The molecule has 27 heavy (non-hydrogen) atoms. The minimum absolute atomic E-state index is 0.356. The Morgan fingerprint density at radius 1 is 0.741 bits per heavy atom. The smallest absolute Gasteiger partial charge is 0.331 e. The highest BCUT2D eigenvalue weighted by Crippen LogP contribution is 2.14. The molecule has 0 heterocycles. The molecule has 0 atom stereocenters. The molecule has 0 spiro atoms. The van der Waals surface area contributed by atoms with Crippen molar-refractivity contribution in [1.29, 1.82) is 0 Å². The number of carboxylic acid groups (broad SMARTS) is 2. The van der Waals surface area contributed by atoms with Gasteiger partial charge >= 0.3 is 11.9 Å². The predicted molar refractivity (Wildman–Crippen MR) is 110 cm³/mol. The Kier molecular flexibility index (Phi) is 8.21. The first-order chi connectivity index (χ1) is 12.6. The molecule has 142 valence electrons. The summed E-state index contributed by atoms with van der Waals surface area (Å²) in [6, 6.07) is 13.7. The average molecular weight is 366 g/mol. The number of aryl methyl sites for hydroxylation is 3. The fourth-order valence-corrected chi connectivity index (χ4v) is 2.25. The summed E-state index contributed by atoms with van der Waals surface area (Å²) in [5, 5.41) is 17.4. The highest BCUT2D eigenvalue weighted by Gasteiger charge is 2.02. The second-order valence-corrected chi connectivity index (χ2v) is 6.48. The Morgan fingerprint density at radius 2 is 1.22 bits per heavy atom. The van der Waals surface area contributed by atoms with Gasteiger partial charge in [-0.2, -0.15) is 0 Å². The van der Waals surface area contributed by atoms with Crippen LogP contribution in [-0.4, -0.2) is 22.2 Å². The van der Waals surface area contributed by atoms with Crippen molar-refractivity contribution >= 4 is 24.1 Å². The summed E-state index contributed by atoms with van der Waals surface area (Å²) in [5.41, 5.74) is 5.97. The summed E-state index contributed by atoms with van der Waals surface area (Å²) in [4.78, 5) is 21.2. The molecule has 0 bridgehead atoms. The van der Waals surface area contributed by atoms with Gasteiger partial charge in [0.15, 0.2) is 0 Å². The standard InChI is InChI=1S/C12H14O2.C11H12O2/c1-8-4-5-9(2)11(6-8)7-10(3)12(13)14;1-8-5-3-4-6-10(8)7-9(2)11(12)13/h4-7H,1-3H3,(H,13,14);3-7H,1-2H3,(H,12,13). The van der Waals surface area contributed by atoms with Crippen LogP contribution in [0.4, 0.5) is 0 Å². The first-order valence-electron chi connectivity index (χ1n) is 8.58. The van der Waals surface area contributed by atoms with Crippen molar-refractivity contribution in [3.63, 3.8) is 0 Å². The van der Waals surface area contributed by atoms with E-state index in [1.165, 1.54) is 0 Å². The Bertz CT molecular complexity index is 889. The molecule has 0 amide bonds. The van der Waals surface area contributed by atoms with Crippen LogP contribution in [0.5, 0.6) is 0 Å². The Morgan fingerprint density at radius 3 is 1.74 bits per heavy atom. The quantitative estimate of drug-likeness (QED) is 0.723. The molecule has 0 aliphatic heterocycles. The second-order valence-electron chi connectivity index (χ2n) is 6.48. The monoisotopic (exact) mass is 366 g/mol. The summed E-state index contributed by atoms with van der Waals surface area (Å²) < 4.78 is 0. The maximum atomic E-state index is 10.6. The lowest BCUT2D eigenvalue weighted by Crippen LogP contribution is -1.96. The fraction of sp³-hybridized carbons (Fsp3) is 0.217. The molecule has 0 aliphatic carbocycles. The van der Waals surface area contributed by atoms with Gasteiger partial charge in [-0.3, -0.25) is 0 Å². The van der Waals surface area contributed by atoms with Crippen molar-refractivity contribution < 1.29 is 19.8 Å². The minimum atomic E-state index is -0.872. The van der Waals surface area contributed by atoms with E-state index >= 15 is 0 Å². The van der Waals surface area contributed by atoms with Gasteiger partial charge in [-0.25, -0.2) is 9.59 Å². The van der Waals surface area contributed by atoms with Crippen LogP contribution in [0.25, 0.3) is 12.2 Å². The maximum absolute atomic E-state index is 10.6. The number of aliphatic carboxylic acids is 2. The van der Waals surface area contributed by atoms with Gasteiger partial charge in [-0.1, -0.05) is 48.0 Å². The average Bonchev–Trinajstić information content (AvgIpc) is 2.60. The van der Waals surface area contributed by atoms with Crippen molar-refractivity contribution in [2.24, 2.45) is 0 Å². The van der Waals surface area contributed by atoms with Crippen LogP contribution in [0.2, 0.25) is 0 Å². The molecule has 2 aromatic carbocycles. The predicted octanol–water partition coefficient (Wildman–Crippen LogP) is 5.27. The Hall–Kier alpha value is -3.14. The third-order valence-electron chi connectivity index (χ3n) is 4.04. The molecule has 2 rings (SSSR count). The summed E-state index contributed by atoms with van der Waals surface area (Å²) in [5.74, 6) is -1.74. The molecule has 2 N–H and O–H groups in total. The van der Waals surface area contributed by atoms with Crippen LogP contribution >= 0.6 is 0 Å². The van der Waals surface area contributed by atoms with Crippen molar-refractivity contribution in [2.45, 2.75) is 34.6 Å². The van der Waals surface area contributed by atoms with Crippen LogP contribution in [0, 0.1) is 20.8 Å². The van der Waals surface area contributed by atoms with Crippen LogP contribution in [-0.2, 0) is 9.59 Å². The summed E-state index contributed by atoms with van der Waals surface area (Å²) in [7, 11) is 0. The molecule has 4 nitrogen and oxygen atoms in total. The van der Waals surface area contributed by atoms with Crippen molar-refractivity contribution in [1.82, 2.24) is 0 Å². The molecule has 0 saturated heterocycles. The summed E-state index contributed by atoms with van der Waals surface area (Å²) in [6.45, 7) is 9.12. The van der Waals surface area contributed by atoms with Crippen molar-refractivity contribution in [2.75, 3.05) is 0 Å². The van der Waals surface area contributed by atoms with Crippen molar-refractivity contribution in [3.05, 3.63) is 81.4 Å². The first kappa shape index (κ1) is 21.9. The fourth-order valence-electron chi connectivity index (χ4n) is 2.25. The number of benzene rings is 2. The van der Waals surface area contributed by atoms with Gasteiger partial charge in [0.1, 0.15) is 0 Å². The van der Waals surface area contributed by atoms with Crippen LogP contribution in [0.3, 0.4) is 0 Å². The van der Waals surface area contributed by atoms with Gasteiger partial charge in [0, 0.05) is 11.1 Å². The zero-order valence-corrected chi connectivity index (χ0v) is 16.4. The summed E-state index contributed by atoms with van der Waals surface area (Å²) >= 11 is 0. The SMILES string of the molecule is CC(=Cc1cc(C)ccc1C)C(=O)O.CC(=Cc1ccccc1C)C(=O)O. The van der Waals surface area contributed by atoms with E-state index in [0.717, 1.165) is 27.8 Å². The summed E-state index contributed by atoms with van der Waals surface area (Å²) in [6.07, 6.45) is 3.38. The molecule has 0 saturated carbocycles. The molecule has 0 aromatic heterocycles. The highest BCUT2D eigenvalue weighted by molar-refractivity contribution is 5.92.